The fraction of sp³-hybridized carbons (Fsp3) is 0.625. The topological polar surface area (TPSA) is 80.7 Å². The minimum absolute atomic E-state index is 0.0820. The predicted octanol–water partition coefficient (Wildman–Crippen LogP) is 3.27. The summed E-state index contributed by atoms with van der Waals surface area (Å²) in [7, 11) is 0. The van der Waals surface area contributed by atoms with E-state index in [2.05, 4.69) is 0 Å². The van der Waals surface area contributed by atoms with Gasteiger partial charge in [-0.3, -0.25) is 14.4 Å². The van der Waals surface area contributed by atoms with Crippen LogP contribution in [0, 0.1) is 28.6 Å². The number of hydrogen-bond donors (Lipinski definition) is 1. The molecule has 0 aromatic heterocycles. The van der Waals surface area contributed by atoms with Crippen molar-refractivity contribution in [2.75, 3.05) is 6.61 Å². The third-order valence-electron chi connectivity index (χ3n) is 8.35. The van der Waals surface area contributed by atoms with Crippen molar-refractivity contribution in [3.8, 4) is 0 Å². The first-order valence-electron chi connectivity index (χ1n) is 10.6. The van der Waals surface area contributed by atoms with Crippen LogP contribution >= 0.6 is 0 Å². The average molecular weight is 416 g/mol. The monoisotopic (exact) mass is 416 g/mol. The molecule has 0 heterocycles. The lowest BCUT2D eigenvalue weighted by molar-refractivity contribution is -0.167. The van der Waals surface area contributed by atoms with Crippen molar-refractivity contribution in [1.82, 2.24) is 0 Å². The van der Waals surface area contributed by atoms with Crippen molar-refractivity contribution in [1.29, 1.82) is 0 Å². The summed E-state index contributed by atoms with van der Waals surface area (Å²) in [4.78, 5) is 36.1. The minimum atomic E-state index is -1.64. The average Bonchev–Trinajstić information content (AvgIpc) is 2.89. The number of ether oxygens (including phenoxy) is 1. The van der Waals surface area contributed by atoms with E-state index >= 15 is 4.39 Å². The van der Waals surface area contributed by atoms with Crippen LogP contribution in [-0.2, 0) is 19.1 Å². The summed E-state index contributed by atoms with van der Waals surface area (Å²) in [6.07, 6.45) is 6.83. The molecule has 6 heteroatoms. The minimum Gasteiger partial charge on any atom is -0.458 e. The number of hydrogen-bond acceptors (Lipinski definition) is 5. The van der Waals surface area contributed by atoms with Crippen molar-refractivity contribution in [3.63, 3.8) is 0 Å². The molecular weight excluding hydrogens is 387 g/mol. The Bertz CT molecular complexity index is 917. The van der Waals surface area contributed by atoms with Crippen molar-refractivity contribution in [2.24, 2.45) is 28.6 Å². The van der Waals surface area contributed by atoms with Gasteiger partial charge < -0.3 is 9.84 Å². The number of aliphatic hydroxyl groups is 1. The molecule has 162 valence electrons. The first-order valence-corrected chi connectivity index (χ1v) is 10.6. The fourth-order valence-electron chi connectivity index (χ4n) is 6.75. The molecule has 0 aromatic carbocycles. The van der Waals surface area contributed by atoms with Gasteiger partial charge in [0.05, 0.1) is 0 Å². The molecule has 4 rings (SSSR count). The SMILES string of the molecule is CC(=O)OCC(=O)[C@@]1(O)[C@H](C)CC2C3C[C@H](F)C4=CC(=O)C=CC4(C)C3=CCC21C. The maximum absolute atomic E-state index is 15.3. The third kappa shape index (κ3) is 2.65. The van der Waals surface area contributed by atoms with Gasteiger partial charge in [0.1, 0.15) is 11.8 Å². The molecule has 0 aliphatic heterocycles. The van der Waals surface area contributed by atoms with E-state index in [1.54, 1.807) is 6.08 Å². The second-order valence-corrected chi connectivity index (χ2v) is 9.84. The van der Waals surface area contributed by atoms with Gasteiger partial charge in [-0.05, 0) is 61.7 Å². The second kappa shape index (κ2) is 6.71. The van der Waals surface area contributed by atoms with Gasteiger partial charge in [0.25, 0.3) is 0 Å². The molecule has 0 saturated heterocycles. The Morgan fingerprint density at radius 1 is 1.27 bits per heavy atom. The van der Waals surface area contributed by atoms with E-state index < -0.39 is 41.0 Å². The van der Waals surface area contributed by atoms with E-state index in [-0.39, 0.29) is 30.0 Å². The maximum atomic E-state index is 15.3. The van der Waals surface area contributed by atoms with Gasteiger partial charge in [0, 0.05) is 17.8 Å². The van der Waals surface area contributed by atoms with Crippen LogP contribution in [0.5, 0.6) is 0 Å². The number of esters is 1. The molecule has 30 heavy (non-hydrogen) atoms. The van der Waals surface area contributed by atoms with Gasteiger partial charge in [-0.1, -0.05) is 31.6 Å². The molecule has 0 radical (unpaired) electrons. The van der Waals surface area contributed by atoms with Crippen LogP contribution in [0.4, 0.5) is 4.39 Å². The van der Waals surface area contributed by atoms with E-state index in [9.17, 15) is 19.5 Å². The Morgan fingerprint density at radius 2 is 1.97 bits per heavy atom. The van der Waals surface area contributed by atoms with Crippen LogP contribution in [0.3, 0.4) is 0 Å². The summed E-state index contributed by atoms with van der Waals surface area (Å²) >= 11 is 0. The Kier molecular flexibility index (Phi) is 4.73. The largest absolute Gasteiger partial charge is 0.458 e. The lowest BCUT2D eigenvalue weighted by Gasteiger charge is -2.54. The van der Waals surface area contributed by atoms with E-state index in [0.717, 1.165) is 5.57 Å². The van der Waals surface area contributed by atoms with Crippen molar-refractivity contribution >= 4 is 17.5 Å². The lowest BCUT2D eigenvalue weighted by atomic mass is 9.51. The zero-order valence-electron chi connectivity index (χ0n) is 17.9. The summed E-state index contributed by atoms with van der Waals surface area (Å²) in [5.74, 6) is -1.80. The van der Waals surface area contributed by atoms with Crippen molar-refractivity contribution in [3.05, 3.63) is 35.5 Å². The number of Topliss-reactive ketones (excluding diaryl/α,β-unsaturated/α-hetero) is 1. The van der Waals surface area contributed by atoms with Crippen LogP contribution in [0.1, 0.15) is 47.0 Å². The van der Waals surface area contributed by atoms with E-state index in [0.29, 0.717) is 18.4 Å². The van der Waals surface area contributed by atoms with Crippen LogP contribution in [0.25, 0.3) is 0 Å². The molecule has 0 spiro atoms. The molecule has 4 aliphatic carbocycles. The molecule has 1 N–H and O–H groups in total. The number of allylic oxidation sites excluding steroid dienone is 6. The van der Waals surface area contributed by atoms with Gasteiger partial charge in [0.2, 0.25) is 5.78 Å². The Morgan fingerprint density at radius 3 is 2.63 bits per heavy atom. The molecule has 4 aliphatic rings. The summed E-state index contributed by atoms with van der Waals surface area (Å²) in [6.45, 7) is 6.47. The number of rotatable bonds is 3. The zero-order valence-corrected chi connectivity index (χ0v) is 17.9. The van der Waals surface area contributed by atoms with Gasteiger partial charge in [-0.15, -0.1) is 0 Å². The highest BCUT2D eigenvalue weighted by atomic mass is 19.1. The molecule has 5 nitrogen and oxygen atoms in total. The Labute approximate surface area is 176 Å². The van der Waals surface area contributed by atoms with Crippen LogP contribution in [0.2, 0.25) is 0 Å². The van der Waals surface area contributed by atoms with Gasteiger partial charge in [-0.2, -0.15) is 0 Å². The Hall–Kier alpha value is -2.08. The number of fused-ring (bicyclic) bond motifs is 5. The van der Waals surface area contributed by atoms with E-state index in [1.807, 2.05) is 26.8 Å². The van der Waals surface area contributed by atoms with E-state index in [4.69, 9.17) is 4.74 Å². The normalized spacial score (nSPS) is 44.4. The highest BCUT2D eigenvalue weighted by Crippen LogP contribution is 2.66. The molecule has 4 unspecified atom stereocenters. The van der Waals surface area contributed by atoms with E-state index in [1.165, 1.54) is 19.1 Å². The Balaban J connectivity index is 1.74. The zero-order chi connectivity index (χ0) is 22.1. The lowest BCUT2D eigenvalue weighted by Crippen LogP contribution is -2.58. The third-order valence-corrected chi connectivity index (χ3v) is 8.35. The van der Waals surface area contributed by atoms with Gasteiger partial charge >= 0.3 is 5.97 Å². The molecule has 0 bridgehead atoms. The fourth-order valence-corrected chi connectivity index (χ4v) is 6.75. The second-order valence-electron chi connectivity index (χ2n) is 9.84. The summed E-state index contributed by atoms with van der Waals surface area (Å²) < 4.78 is 20.2. The molecule has 0 aromatic rings. The summed E-state index contributed by atoms with van der Waals surface area (Å²) in [5, 5.41) is 11.6. The number of alkyl halides is 1. The maximum Gasteiger partial charge on any atom is 0.303 e. The quantitative estimate of drug-likeness (QED) is 0.564. The molecule has 2 saturated carbocycles. The molecule has 7 atom stereocenters. The highest BCUT2D eigenvalue weighted by Gasteiger charge is 2.67. The van der Waals surface area contributed by atoms with Crippen molar-refractivity contribution in [2.45, 2.75) is 58.7 Å². The van der Waals surface area contributed by atoms with Gasteiger partial charge in [-0.25, -0.2) is 4.39 Å². The molecular formula is C24H29FO5. The number of halogens is 1. The summed E-state index contributed by atoms with van der Waals surface area (Å²) in [5.41, 5.74) is -1.48. The predicted molar refractivity (Wildman–Crippen MR) is 108 cm³/mol. The van der Waals surface area contributed by atoms with Crippen LogP contribution in [-0.4, -0.2) is 41.0 Å². The van der Waals surface area contributed by atoms with Crippen LogP contribution < -0.4 is 0 Å². The van der Waals surface area contributed by atoms with Gasteiger partial charge in [0.15, 0.2) is 12.4 Å². The molecule has 2 fully saturated rings. The first kappa shape index (κ1) is 21.2. The smallest absolute Gasteiger partial charge is 0.303 e. The number of ketones is 2. The number of carbonyl (C=O) groups is 3. The summed E-state index contributed by atoms with van der Waals surface area (Å²) in [6, 6.07) is 0. The standard InChI is InChI=1S/C24H29FO5/c1-13-9-18-16-11-20(25)19-10-15(27)5-7-22(19,3)17(16)6-8-23(18,4)24(13,29)21(28)12-30-14(2)26/h5-7,10,13,16,18,20,29H,8-9,11-12H2,1-4H3/t13-,16?,18?,20+,22?,23?,24+/m1/s1. The van der Waals surface area contributed by atoms with Crippen LogP contribution in [0.15, 0.2) is 35.5 Å². The highest BCUT2D eigenvalue weighted by molar-refractivity contribution is 6.01. The first-order chi connectivity index (χ1) is 13.9. The number of carbonyl (C=O) groups excluding carboxylic acids is 3. The van der Waals surface area contributed by atoms with Crippen molar-refractivity contribution < 1.29 is 28.6 Å². The molecule has 0 amide bonds.